The quantitative estimate of drug-likeness (QED) is 0.471. The second-order valence-electron chi connectivity index (χ2n) is 8.97. The van der Waals surface area contributed by atoms with E-state index in [4.69, 9.17) is 14.5 Å². The zero-order valence-corrected chi connectivity index (χ0v) is 21.3. The number of methoxy groups -OCH3 is 2. The molecule has 1 aromatic heterocycles. The molecule has 0 aliphatic heterocycles. The summed E-state index contributed by atoms with van der Waals surface area (Å²) in [5.74, 6) is 0.789. The van der Waals surface area contributed by atoms with E-state index >= 15 is 0 Å². The number of aromatic nitrogens is 2. The summed E-state index contributed by atoms with van der Waals surface area (Å²) in [5.41, 5.74) is 4.78. The summed E-state index contributed by atoms with van der Waals surface area (Å²) in [6.07, 6.45) is 1.89. The van der Waals surface area contributed by atoms with Crippen molar-refractivity contribution in [3.8, 4) is 22.7 Å². The summed E-state index contributed by atoms with van der Waals surface area (Å²) in [7, 11) is 3.09. The molecule has 0 bridgehead atoms. The highest BCUT2D eigenvalue weighted by Gasteiger charge is 2.20. The zero-order chi connectivity index (χ0) is 25.5. The maximum Gasteiger partial charge on any atom is 0.249 e. The van der Waals surface area contributed by atoms with Crippen molar-refractivity contribution >= 4 is 17.8 Å². The van der Waals surface area contributed by atoms with Gasteiger partial charge in [0.25, 0.3) is 0 Å². The third-order valence-electron chi connectivity index (χ3n) is 5.65. The summed E-state index contributed by atoms with van der Waals surface area (Å²) >= 11 is 0. The highest BCUT2D eigenvalue weighted by Crippen LogP contribution is 2.27. The van der Waals surface area contributed by atoms with Crippen LogP contribution in [-0.4, -0.2) is 60.2 Å². The molecule has 0 radical (unpaired) electrons. The van der Waals surface area contributed by atoms with Gasteiger partial charge in [0.05, 0.1) is 12.8 Å². The Hall–Kier alpha value is -3.65. The van der Waals surface area contributed by atoms with Gasteiger partial charge in [-0.15, -0.1) is 0 Å². The highest BCUT2D eigenvalue weighted by molar-refractivity contribution is 5.94. The minimum atomic E-state index is -0.327. The predicted octanol–water partition coefficient (Wildman–Crippen LogP) is 4.23. The molecule has 3 aromatic rings. The van der Waals surface area contributed by atoms with Crippen LogP contribution >= 0.6 is 0 Å². The molecule has 2 aromatic carbocycles. The molecule has 0 fully saturated rings. The summed E-state index contributed by atoms with van der Waals surface area (Å²) in [6, 6.07) is 13.7. The van der Waals surface area contributed by atoms with E-state index in [1.165, 1.54) is 17.6 Å². The monoisotopic (exact) mass is 478 g/mol. The van der Waals surface area contributed by atoms with E-state index in [1.54, 1.807) is 7.11 Å². The molecule has 0 atom stereocenters. The third kappa shape index (κ3) is 6.70. The van der Waals surface area contributed by atoms with Crippen LogP contribution in [0.25, 0.3) is 16.9 Å². The van der Waals surface area contributed by atoms with Crippen LogP contribution in [-0.2, 0) is 14.3 Å². The smallest absolute Gasteiger partial charge is 0.249 e. The molecule has 0 saturated heterocycles. The van der Waals surface area contributed by atoms with Crippen molar-refractivity contribution in [3.05, 3.63) is 59.8 Å². The molecule has 2 amide bonds. The average Bonchev–Trinajstić information content (AvgIpc) is 3.23. The van der Waals surface area contributed by atoms with Gasteiger partial charge in [-0.05, 0) is 67.3 Å². The first-order valence-corrected chi connectivity index (χ1v) is 11.6. The number of ether oxygens (including phenoxy) is 2. The SMILES string of the molecule is COCC(=O)N(CC(=O)Nc1nc(-c2ccc(OC)cc2)cn1-c1ccc(C)c(C)c1)CC(C)C. The fraction of sp³-hybridized carbons (Fsp3) is 0.370. The first-order valence-electron chi connectivity index (χ1n) is 11.6. The van der Waals surface area contributed by atoms with Crippen molar-refractivity contribution in [1.29, 1.82) is 0 Å². The van der Waals surface area contributed by atoms with Crippen LogP contribution in [0.2, 0.25) is 0 Å². The predicted molar refractivity (Wildman–Crippen MR) is 137 cm³/mol. The number of nitrogens with one attached hydrogen (secondary N) is 1. The number of rotatable bonds is 10. The molecule has 8 heteroatoms. The molecule has 8 nitrogen and oxygen atoms in total. The number of benzene rings is 2. The summed E-state index contributed by atoms with van der Waals surface area (Å²) < 4.78 is 12.1. The molecule has 35 heavy (non-hydrogen) atoms. The Labute approximate surface area is 206 Å². The van der Waals surface area contributed by atoms with Gasteiger partial charge in [0.15, 0.2) is 0 Å². The van der Waals surface area contributed by atoms with Crippen LogP contribution in [0.4, 0.5) is 5.95 Å². The molecule has 1 N–H and O–H groups in total. The van der Waals surface area contributed by atoms with E-state index in [0.717, 1.165) is 22.6 Å². The van der Waals surface area contributed by atoms with Crippen LogP contribution in [0.1, 0.15) is 25.0 Å². The summed E-state index contributed by atoms with van der Waals surface area (Å²) in [5, 5.41) is 2.91. The van der Waals surface area contributed by atoms with Gasteiger partial charge in [-0.3, -0.25) is 19.5 Å². The standard InChI is InChI=1S/C27H34N4O4/c1-18(2)14-30(26(33)17-34-5)16-25(32)29-27-28-24(21-8-11-23(35-6)12-9-21)15-31(27)22-10-7-19(3)20(4)13-22/h7-13,15,18H,14,16-17H2,1-6H3,(H,28,29,32). The summed E-state index contributed by atoms with van der Waals surface area (Å²) in [4.78, 5) is 31.7. The molecular formula is C27H34N4O4. The van der Waals surface area contributed by atoms with Crippen molar-refractivity contribution in [2.75, 3.05) is 39.2 Å². The Morgan fingerprint density at radius 3 is 2.37 bits per heavy atom. The van der Waals surface area contributed by atoms with Crippen LogP contribution < -0.4 is 10.1 Å². The van der Waals surface area contributed by atoms with Crippen molar-refractivity contribution < 1.29 is 19.1 Å². The third-order valence-corrected chi connectivity index (χ3v) is 5.65. The Morgan fingerprint density at radius 2 is 1.77 bits per heavy atom. The van der Waals surface area contributed by atoms with E-state index < -0.39 is 0 Å². The van der Waals surface area contributed by atoms with Gasteiger partial charge < -0.3 is 14.4 Å². The molecule has 3 rings (SSSR count). The molecular weight excluding hydrogens is 444 g/mol. The van der Waals surface area contributed by atoms with Gasteiger partial charge in [0.1, 0.15) is 18.9 Å². The van der Waals surface area contributed by atoms with E-state index in [-0.39, 0.29) is 30.9 Å². The number of imidazole rings is 1. The number of hydrogen-bond acceptors (Lipinski definition) is 5. The Kier molecular flexibility index (Phi) is 8.65. The van der Waals surface area contributed by atoms with Gasteiger partial charge in [-0.1, -0.05) is 19.9 Å². The topological polar surface area (TPSA) is 85.7 Å². The van der Waals surface area contributed by atoms with Crippen LogP contribution in [0.3, 0.4) is 0 Å². The van der Waals surface area contributed by atoms with Crippen molar-refractivity contribution in [1.82, 2.24) is 14.5 Å². The first kappa shape index (κ1) is 26.0. The molecule has 0 spiro atoms. The number of nitrogens with zero attached hydrogens (tertiary/aromatic N) is 3. The maximum atomic E-state index is 13.0. The largest absolute Gasteiger partial charge is 0.497 e. The van der Waals surface area contributed by atoms with E-state index in [1.807, 2.05) is 67.9 Å². The van der Waals surface area contributed by atoms with Gasteiger partial charge in [-0.2, -0.15) is 0 Å². The van der Waals surface area contributed by atoms with Crippen molar-refractivity contribution in [2.45, 2.75) is 27.7 Å². The van der Waals surface area contributed by atoms with Crippen molar-refractivity contribution in [3.63, 3.8) is 0 Å². The minimum Gasteiger partial charge on any atom is -0.497 e. The average molecular weight is 479 g/mol. The molecule has 0 aliphatic carbocycles. The Bertz CT molecular complexity index is 1170. The van der Waals surface area contributed by atoms with Crippen LogP contribution in [0, 0.1) is 19.8 Å². The van der Waals surface area contributed by atoms with Crippen LogP contribution in [0.5, 0.6) is 5.75 Å². The lowest BCUT2D eigenvalue weighted by atomic mass is 10.1. The zero-order valence-electron chi connectivity index (χ0n) is 21.3. The molecule has 1 heterocycles. The number of carbonyl (C=O) groups excluding carboxylic acids is 2. The molecule has 0 aliphatic rings. The second-order valence-corrected chi connectivity index (χ2v) is 8.97. The van der Waals surface area contributed by atoms with E-state index in [0.29, 0.717) is 18.2 Å². The number of amides is 2. The number of aryl methyl sites for hydroxylation is 2. The highest BCUT2D eigenvalue weighted by atomic mass is 16.5. The fourth-order valence-electron chi connectivity index (χ4n) is 3.69. The number of hydrogen-bond donors (Lipinski definition) is 1. The van der Waals surface area contributed by atoms with E-state index in [9.17, 15) is 9.59 Å². The van der Waals surface area contributed by atoms with Gasteiger partial charge in [-0.25, -0.2) is 4.98 Å². The number of carbonyl (C=O) groups is 2. The molecule has 0 unspecified atom stereocenters. The summed E-state index contributed by atoms with van der Waals surface area (Å²) in [6.45, 7) is 8.40. The van der Waals surface area contributed by atoms with E-state index in [2.05, 4.69) is 18.3 Å². The lowest BCUT2D eigenvalue weighted by Gasteiger charge is -2.23. The minimum absolute atomic E-state index is 0.0705. The normalized spacial score (nSPS) is 10.9. The molecule has 0 saturated carbocycles. The van der Waals surface area contributed by atoms with Gasteiger partial charge in [0, 0.05) is 31.1 Å². The van der Waals surface area contributed by atoms with Crippen LogP contribution in [0.15, 0.2) is 48.7 Å². The maximum absolute atomic E-state index is 13.0. The number of anilines is 1. The second kappa shape index (κ2) is 11.7. The fourth-order valence-corrected chi connectivity index (χ4v) is 3.69. The van der Waals surface area contributed by atoms with Gasteiger partial charge >= 0.3 is 0 Å². The Morgan fingerprint density at radius 1 is 1.06 bits per heavy atom. The van der Waals surface area contributed by atoms with Gasteiger partial charge in [0.2, 0.25) is 17.8 Å². The molecule has 186 valence electrons. The van der Waals surface area contributed by atoms with Crippen molar-refractivity contribution in [2.24, 2.45) is 5.92 Å². The first-order chi connectivity index (χ1) is 16.7. The lowest BCUT2D eigenvalue weighted by molar-refractivity contribution is -0.138. The lowest BCUT2D eigenvalue weighted by Crippen LogP contribution is -2.42. The Balaban J connectivity index is 1.93.